The SMILES string of the molecule is CC1=CC=C(C=Nc2ccc(F)cc2)CC1. The summed E-state index contributed by atoms with van der Waals surface area (Å²) >= 11 is 0. The van der Waals surface area contributed by atoms with Crippen molar-refractivity contribution in [1.82, 2.24) is 0 Å². The largest absolute Gasteiger partial charge is 0.257 e. The average Bonchev–Trinajstić information content (AvgIpc) is 2.30. The lowest BCUT2D eigenvalue weighted by molar-refractivity contribution is 0.628. The Morgan fingerprint density at radius 1 is 1.12 bits per heavy atom. The van der Waals surface area contributed by atoms with Crippen LogP contribution in [0.25, 0.3) is 0 Å². The molecule has 0 saturated carbocycles. The Morgan fingerprint density at radius 2 is 1.88 bits per heavy atom. The maximum atomic E-state index is 12.7. The summed E-state index contributed by atoms with van der Waals surface area (Å²) in [5, 5.41) is 0. The molecule has 0 aromatic heterocycles. The first kappa shape index (κ1) is 10.8. The number of benzene rings is 1. The van der Waals surface area contributed by atoms with Gasteiger partial charge >= 0.3 is 0 Å². The molecule has 1 aliphatic carbocycles. The second kappa shape index (κ2) is 4.88. The Labute approximate surface area is 95.0 Å². The standard InChI is InChI=1S/C14H14FN/c1-11-2-4-12(5-3-11)10-16-14-8-6-13(15)7-9-14/h2,4,6-10H,3,5H2,1H3. The highest BCUT2D eigenvalue weighted by atomic mass is 19.1. The first-order valence-electron chi connectivity index (χ1n) is 5.40. The van der Waals surface area contributed by atoms with E-state index in [-0.39, 0.29) is 5.82 Å². The monoisotopic (exact) mass is 215 g/mol. The number of halogens is 1. The highest BCUT2D eigenvalue weighted by Gasteiger charge is 2.00. The van der Waals surface area contributed by atoms with Gasteiger partial charge in [0.1, 0.15) is 5.82 Å². The third kappa shape index (κ3) is 2.89. The molecule has 0 N–H and O–H groups in total. The van der Waals surface area contributed by atoms with E-state index in [1.165, 1.54) is 23.3 Å². The summed E-state index contributed by atoms with van der Waals surface area (Å²) < 4.78 is 12.7. The van der Waals surface area contributed by atoms with Crippen LogP contribution >= 0.6 is 0 Å². The Bertz CT molecular complexity index is 452. The van der Waals surface area contributed by atoms with E-state index < -0.39 is 0 Å². The normalized spacial score (nSPS) is 16.1. The Kier molecular flexibility index (Phi) is 3.30. The van der Waals surface area contributed by atoms with Gasteiger partial charge in [0, 0.05) is 6.21 Å². The average molecular weight is 215 g/mol. The highest BCUT2D eigenvalue weighted by Crippen LogP contribution is 2.18. The number of hydrogen-bond acceptors (Lipinski definition) is 1. The van der Waals surface area contributed by atoms with Crippen LogP contribution in [0.1, 0.15) is 19.8 Å². The van der Waals surface area contributed by atoms with Crippen molar-refractivity contribution in [3.63, 3.8) is 0 Å². The third-order valence-electron chi connectivity index (χ3n) is 2.60. The van der Waals surface area contributed by atoms with Crippen LogP contribution in [0.2, 0.25) is 0 Å². The van der Waals surface area contributed by atoms with E-state index in [0.29, 0.717) is 0 Å². The van der Waals surface area contributed by atoms with Crippen LogP contribution in [0, 0.1) is 5.82 Å². The van der Waals surface area contributed by atoms with Crippen molar-refractivity contribution in [2.45, 2.75) is 19.8 Å². The quantitative estimate of drug-likeness (QED) is 0.656. The minimum atomic E-state index is -0.227. The molecule has 0 bridgehead atoms. The molecule has 1 nitrogen and oxygen atoms in total. The molecular formula is C14H14FN. The van der Waals surface area contributed by atoms with Gasteiger partial charge in [0.15, 0.2) is 0 Å². The summed E-state index contributed by atoms with van der Waals surface area (Å²) in [4.78, 5) is 4.31. The van der Waals surface area contributed by atoms with Gasteiger partial charge in [-0.3, -0.25) is 4.99 Å². The van der Waals surface area contributed by atoms with Crippen molar-refractivity contribution in [2.75, 3.05) is 0 Å². The zero-order valence-electron chi connectivity index (χ0n) is 9.28. The van der Waals surface area contributed by atoms with Crippen molar-refractivity contribution in [3.05, 3.63) is 53.4 Å². The molecule has 0 unspecified atom stereocenters. The van der Waals surface area contributed by atoms with Crippen LogP contribution in [-0.4, -0.2) is 6.21 Å². The number of nitrogens with zero attached hydrogens (tertiary/aromatic N) is 1. The Morgan fingerprint density at radius 3 is 2.50 bits per heavy atom. The minimum absolute atomic E-state index is 0.227. The van der Waals surface area contributed by atoms with Crippen LogP contribution < -0.4 is 0 Å². The molecule has 82 valence electrons. The zero-order valence-corrected chi connectivity index (χ0v) is 9.28. The molecule has 2 heteroatoms. The van der Waals surface area contributed by atoms with Crippen LogP contribution in [0.3, 0.4) is 0 Å². The van der Waals surface area contributed by atoms with E-state index in [2.05, 4.69) is 24.1 Å². The van der Waals surface area contributed by atoms with Crippen molar-refractivity contribution in [2.24, 2.45) is 4.99 Å². The topological polar surface area (TPSA) is 12.4 Å². The number of aliphatic imine (C=N–C) groups is 1. The van der Waals surface area contributed by atoms with E-state index in [4.69, 9.17) is 0 Å². The van der Waals surface area contributed by atoms with Gasteiger partial charge in [0.2, 0.25) is 0 Å². The van der Waals surface area contributed by atoms with Gasteiger partial charge in [-0.15, -0.1) is 0 Å². The molecule has 2 rings (SSSR count). The highest BCUT2D eigenvalue weighted by molar-refractivity contribution is 5.81. The number of rotatable bonds is 2. The number of allylic oxidation sites excluding steroid dienone is 4. The van der Waals surface area contributed by atoms with Gasteiger partial charge in [0.05, 0.1) is 5.69 Å². The predicted molar refractivity (Wildman–Crippen MR) is 65.6 cm³/mol. The first-order valence-corrected chi connectivity index (χ1v) is 5.40. The summed E-state index contributed by atoms with van der Waals surface area (Å²) in [6, 6.07) is 6.20. The second-order valence-electron chi connectivity index (χ2n) is 3.99. The van der Waals surface area contributed by atoms with E-state index in [1.807, 2.05) is 6.21 Å². The van der Waals surface area contributed by atoms with Crippen molar-refractivity contribution >= 4 is 11.9 Å². The molecule has 0 atom stereocenters. The van der Waals surface area contributed by atoms with Crippen molar-refractivity contribution in [1.29, 1.82) is 0 Å². The fraction of sp³-hybridized carbons (Fsp3) is 0.214. The van der Waals surface area contributed by atoms with Gasteiger partial charge in [-0.1, -0.05) is 17.7 Å². The molecule has 0 amide bonds. The lowest BCUT2D eigenvalue weighted by Gasteiger charge is -2.07. The van der Waals surface area contributed by atoms with E-state index >= 15 is 0 Å². The number of hydrogen-bond donors (Lipinski definition) is 0. The van der Waals surface area contributed by atoms with E-state index in [9.17, 15) is 4.39 Å². The van der Waals surface area contributed by atoms with Crippen LogP contribution in [0.4, 0.5) is 10.1 Å². The zero-order chi connectivity index (χ0) is 11.4. The maximum Gasteiger partial charge on any atom is 0.123 e. The molecule has 0 fully saturated rings. The van der Waals surface area contributed by atoms with Crippen LogP contribution in [0.15, 0.2) is 52.6 Å². The lowest BCUT2D eigenvalue weighted by atomic mass is 10.0. The molecule has 1 aromatic rings. The molecule has 1 aromatic carbocycles. The molecule has 0 aliphatic heterocycles. The van der Waals surface area contributed by atoms with Crippen molar-refractivity contribution < 1.29 is 4.39 Å². The minimum Gasteiger partial charge on any atom is -0.257 e. The molecular weight excluding hydrogens is 201 g/mol. The molecule has 16 heavy (non-hydrogen) atoms. The lowest BCUT2D eigenvalue weighted by Crippen LogP contribution is -1.91. The molecule has 0 heterocycles. The van der Waals surface area contributed by atoms with Gasteiger partial charge in [-0.2, -0.15) is 0 Å². The fourth-order valence-corrected chi connectivity index (χ4v) is 1.55. The van der Waals surface area contributed by atoms with E-state index in [0.717, 1.165) is 18.5 Å². The second-order valence-corrected chi connectivity index (χ2v) is 3.99. The molecule has 0 radical (unpaired) electrons. The maximum absolute atomic E-state index is 12.7. The van der Waals surface area contributed by atoms with Gasteiger partial charge in [-0.05, 0) is 49.6 Å². The summed E-state index contributed by atoms with van der Waals surface area (Å²) in [5.74, 6) is -0.227. The van der Waals surface area contributed by atoms with E-state index in [1.54, 1.807) is 12.1 Å². The van der Waals surface area contributed by atoms with Crippen LogP contribution in [-0.2, 0) is 0 Å². The summed E-state index contributed by atoms with van der Waals surface area (Å²) in [6.45, 7) is 2.13. The van der Waals surface area contributed by atoms with Crippen molar-refractivity contribution in [3.8, 4) is 0 Å². The predicted octanol–water partition coefficient (Wildman–Crippen LogP) is 4.19. The summed E-state index contributed by atoms with van der Waals surface area (Å²) in [5.41, 5.74) is 3.41. The molecule has 1 aliphatic rings. The third-order valence-corrected chi connectivity index (χ3v) is 2.60. The van der Waals surface area contributed by atoms with Crippen LogP contribution in [0.5, 0.6) is 0 Å². The Hall–Kier alpha value is -1.70. The Balaban J connectivity index is 2.07. The van der Waals surface area contributed by atoms with Gasteiger partial charge in [-0.25, -0.2) is 4.39 Å². The fourth-order valence-electron chi connectivity index (χ4n) is 1.55. The van der Waals surface area contributed by atoms with Gasteiger partial charge < -0.3 is 0 Å². The molecule has 0 saturated heterocycles. The molecule has 0 spiro atoms. The summed E-state index contributed by atoms with van der Waals surface area (Å²) in [6.07, 6.45) is 8.20. The summed E-state index contributed by atoms with van der Waals surface area (Å²) in [7, 11) is 0. The first-order chi connectivity index (χ1) is 7.74. The smallest absolute Gasteiger partial charge is 0.123 e. The van der Waals surface area contributed by atoms with Gasteiger partial charge in [0.25, 0.3) is 0 Å².